The van der Waals surface area contributed by atoms with E-state index in [0.717, 1.165) is 0 Å². The largest absolute Gasteiger partial charge is 0.263 e. The third kappa shape index (κ3) is 2.88. The molecule has 2 heterocycles. The van der Waals surface area contributed by atoms with Gasteiger partial charge < -0.3 is 0 Å². The first-order chi connectivity index (χ1) is 8.23. The van der Waals surface area contributed by atoms with Gasteiger partial charge in [0.2, 0.25) is 10.0 Å². The molecule has 6 nitrogen and oxygen atoms in total. The summed E-state index contributed by atoms with van der Waals surface area (Å²) in [4.78, 5) is 3.78. The number of sulfone groups is 1. The van der Waals surface area contributed by atoms with Gasteiger partial charge in [0.25, 0.3) is 0 Å². The molecule has 0 aliphatic carbocycles. The highest BCUT2D eigenvalue weighted by Crippen LogP contribution is 2.25. The number of nitrogens with zero attached hydrogens (tertiary/aromatic N) is 1. The first-order valence-electron chi connectivity index (χ1n) is 5.37. The standard InChI is InChI=1S/C10H14N2O4S2/c1-10(4-6-17(13,14)8-10)12-18(15,16)9-3-2-5-11-7-9/h2-3,5,7,12H,4,6,8H2,1H3. The fraction of sp³-hybridized carbons (Fsp3) is 0.500. The Morgan fingerprint density at radius 1 is 1.44 bits per heavy atom. The summed E-state index contributed by atoms with van der Waals surface area (Å²) in [5.74, 6) is -0.154. The van der Waals surface area contributed by atoms with E-state index >= 15 is 0 Å². The zero-order valence-electron chi connectivity index (χ0n) is 9.83. The molecule has 1 unspecified atom stereocenters. The van der Waals surface area contributed by atoms with Crippen molar-refractivity contribution in [2.75, 3.05) is 11.5 Å². The zero-order valence-corrected chi connectivity index (χ0v) is 11.5. The molecule has 8 heteroatoms. The van der Waals surface area contributed by atoms with Crippen molar-refractivity contribution < 1.29 is 16.8 Å². The summed E-state index contributed by atoms with van der Waals surface area (Å²) in [5, 5.41) is 0. The normalized spacial score (nSPS) is 27.2. The van der Waals surface area contributed by atoms with Crippen molar-refractivity contribution in [2.45, 2.75) is 23.8 Å². The molecule has 2 rings (SSSR count). The average Bonchev–Trinajstić information content (AvgIpc) is 2.53. The monoisotopic (exact) mass is 290 g/mol. The Balaban J connectivity index is 2.25. The summed E-state index contributed by atoms with van der Waals surface area (Å²) in [6.07, 6.45) is 2.99. The van der Waals surface area contributed by atoms with E-state index in [-0.39, 0.29) is 22.8 Å². The van der Waals surface area contributed by atoms with Crippen molar-refractivity contribution in [3.63, 3.8) is 0 Å². The molecule has 18 heavy (non-hydrogen) atoms. The average molecular weight is 290 g/mol. The van der Waals surface area contributed by atoms with Crippen LogP contribution in [0, 0.1) is 0 Å². The van der Waals surface area contributed by atoms with E-state index in [1.807, 2.05) is 0 Å². The van der Waals surface area contributed by atoms with Gasteiger partial charge in [-0.05, 0) is 25.5 Å². The SMILES string of the molecule is CC1(NS(=O)(=O)c2cccnc2)CCS(=O)(=O)C1. The molecule has 0 spiro atoms. The summed E-state index contributed by atoms with van der Waals surface area (Å²) in [7, 11) is -6.88. The Morgan fingerprint density at radius 3 is 2.67 bits per heavy atom. The van der Waals surface area contributed by atoms with E-state index in [1.54, 1.807) is 6.92 Å². The Morgan fingerprint density at radius 2 is 2.17 bits per heavy atom. The quantitative estimate of drug-likeness (QED) is 0.841. The van der Waals surface area contributed by atoms with Crippen LogP contribution in [-0.4, -0.2) is 38.9 Å². The van der Waals surface area contributed by atoms with Crippen LogP contribution >= 0.6 is 0 Å². The van der Waals surface area contributed by atoms with Gasteiger partial charge in [-0.3, -0.25) is 4.98 Å². The maximum Gasteiger partial charge on any atom is 0.242 e. The summed E-state index contributed by atoms with van der Waals surface area (Å²) in [5.41, 5.74) is -0.937. The molecule has 1 N–H and O–H groups in total. The molecule has 1 aliphatic rings. The maximum absolute atomic E-state index is 12.1. The summed E-state index contributed by atoms with van der Waals surface area (Å²) in [6.45, 7) is 1.60. The minimum absolute atomic E-state index is 0.0130. The van der Waals surface area contributed by atoms with Crippen molar-refractivity contribution in [3.8, 4) is 0 Å². The van der Waals surface area contributed by atoms with Crippen LogP contribution in [0.2, 0.25) is 0 Å². The number of nitrogens with one attached hydrogen (secondary N) is 1. The molecule has 1 aromatic heterocycles. The van der Waals surface area contributed by atoms with Gasteiger partial charge in [0.15, 0.2) is 9.84 Å². The predicted octanol–water partition coefficient (Wildman–Crippen LogP) is -0.0629. The van der Waals surface area contributed by atoms with Gasteiger partial charge in [0.05, 0.1) is 11.5 Å². The van der Waals surface area contributed by atoms with E-state index < -0.39 is 25.4 Å². The highest BCUT2D eigenvalue weighted by Gasteiger charge is 2.41. The number of sulfonamides is 1. The van der Waals surface area contributed by atoms with Crippen LogP contribution in [0.1, 0.15) is 13.3 Å². The Kier molecular flexibility index (Phi) is 3.20. The Labute approximate surface area is 106 Å². The lowest BCUT2D eigenvalue weighted by molar-refractivity contribution is 0.461. The third-order valence-corrected chi connectivity index (χ3v) is 6.36. The van der Waals surface area contributed by atoms with Crippen LogP contribution in [0.25, 0.3) is 0 Å². The lowest BCUT2D eigenvalue weighted by Crippen LogP contribution is -2.46. The molecule has 1 saturated heterocycles. The number of aromatic nitrogens is 1. The lowest BCUT2D eigenvalue weighted by atomic mass is 10.0. The molecule has 1 atom stereocenters. The number of pyridine rings is 1. The molecule has 1 aliphatic heterocycles. The van der Waals surface area contributed by atoms with Crippen LogP contribution in [-0.2, 0) is 19.9 Å². The van der Waals surface area contributed by atoms with Gasteiger partial charge in [-0.2, -0.15) is 0 Å². The fourth-order valence-electron chi connectivity index (χ4n) is 1.98. The van der Waals surface area contributed by atoms with Crippen molar-refractivity contribution in [1.82, 2.24) is 9.71 Å². The third-order valence-electron chi connectivity index (χ3n) is 2.83. The van der Waals surface area contributed by atoms with E-state index in [2.05, 4.69) is 9.71 Å². The lowest BCUT2D eigenvalue weighted by Gasteiger charge is -2.23. The zero-order chi connectivity index (χ0) is 13.4. The van der Waals surface area contributed by atoms with Gasteiger partial charge >= 0.3 is 0 Å². The number of hydrogen-bond acceptors (Lipinski definition) is 5. The second-order valence-electron chi connectivity index (χ2n) is 4.70. The van der Waals surface area contributed by atoms with Crippen molar-refractivity contribution in [2.24, 2.45) is 0 Å². The molecule has 0 aromatic carbocycles. The fourth-order valence-corrected chi connectivity index (χ4v) is 5.56. The highest BCUT2D eigenvalue weighted by atomic mass is 32.2. The Bertz CT molecular complexity index is 640. The second-order valence-corrected chi connectivity index (χ2v) is 8.56. The summed E-state index contributed by atoms with van der Waals surface area (Å²) < 4.78 is 49.4. The van der Waals surface area contributed by atoms with Crippen LogP contribution < -0.4 is 4.72 Å². The maximum atomic E-state index is 12.1. The minimum atomic E-state index is -3.73. The predicted molar refractivity (Wildman–Crippen MR) is 66.2 cm³/mol. The molecular weight excluding hydrogens is 276 g/mol. The van der Waals surface area contributed by atoms with Crippen LogP contribution in [0.4, 0.5) is 0 Å². The van der Waals surface area contributed by atoms with Crippen LogP contribution in [0.5, 0.6) is 0 Å². The second kappa shape index (κ2) is 4.29. The van der Waals surface area contributed by atoms with Crippen molar-refractivity contribution in [1.29, 1.82) is 0 Å². The molecule has 0 amide bonds. The van der Waals surface area contributed by atoms with Crippen molar-refractivity contribution in [3.05, 3.63) is 24.5 Å². The van der Waals surface area contributed by atoms with Gasteiger partial charge in [-0.1, -0.05) is 0 Å². The Hall–Kier alpha value is -0.990. The van der Waals surface area contributed by atoms with Gasteiger partial charge in [0, 0.05) is 17.9 Å². The van der Waals surface area contributed by atoms with E-state index in [1.165, 1.54) is 24.5 Å². The van der Waals surface area contributed by atoms with E-state index in [9.17, 15) is 16.8 Å². The topological polar surface area (TPSA) is 93.2 Å². The smallest absolute Gasteiger partial charge is 0.242 e. The van der Waals surface area contributed by atoms with Gasteiger partial charge in [0.1, 0.15) is 4.90 Å². The molecular formula is C10H14N2O4S2. The van der Waals surface area contributed by atoms with E-state index in [0.29, 0.717) is 0 Å². The van der Waals surface area contributed by atoms with Gasteiger partial charge in [-0.15, -0.1) is 0 Å². The molecule has 0 saturated carbocycles. The molecule has 1 aromatic rings. The number of rotatable bonds is 3. The molecule has 0 bridgehead atoms. The minimum Gasteiger partial charge on any atom is -0.263 e. The molecule has 0 radical (unpaired) electrons. The van der Waals surface area contributed by atoms with E-state index in [4.69, 9.17) is 0 Å². The summed E-state index contributed by atoms with van der Waals surface area (Å²) >= 11 is 0. The van der Waals surface area contributed by atoms with Gasteiger partial charge in [-0.25, -0.2) is 21.6 Å². The molecule has 100 valence electrons. The van der Waals surface area contributed by atoms with Crippen molar-refractivity contribution >= 4 is 19.9 Å². The first-order valence-corrected chi connectivity index (χ1v) is 8.67. The summed E-state index contributed by atoms with van der Waals surface area (Å²) in [6, 6.07) is 2.93. The highest BCUT2D eigenvalue weighted by molar-refractivity contribution is 7.92. The van der Waals surface area contributed by atoms with Crippen LogP contribution in [0.15, 0.2) is 29.4 Å². The number of hydrogen-bond donors (Lipinski definition) is 1. The van der Waals surface area contributed by atoms with Crippen LogP contribution in [0.3, 0.4) is 0 Å². The first kappa shape index (κ1) is 13.4. The molecule has 1 fully saturated rings.